The molecule has 0 unspecified atom stereocenters. The zero-order valence-corrected chi connectivity index (χ0v) is 58.2. The van der Waals surface area contributed by atoms with Gasteiger partial charge in [0.15, 0.2) is 0 Å². The number of hydrogen-bond donors (Lipinski definition) is 14. The Hall–Kier alpha value is -9.74. The van der Waals surface area contributed by atoms with Crippen LogP contribution in [0.5, 0.6) is 5.75 Å². The molecular weight excluding hydrogens is 1300 g/mol. The van der Waals surface area contributed by atoms with E-state index in [0.717, 1.165) is 17.3 Å². The van der Waals surface area contributed by atoms with Crippen molar-refractivity contribution >= 4 is 87.8 Å². The topological polar surface area (TPSA) is 458 Å². The van der Waals surface area contributed by atoms with Crippen molar-refractivity contribution in [2.45, 2.75) is 179 Å². The minimum absolute atomic E-state index is 0.0373. The van der Waals surface area contributed by atoms with E-state index in [9.17, 15) is 67.4 Å². The number of nitrogens with two attached hydrogens (primary N) is 4. The molecule has 1 heterocycles. The van der Waals surface area contributed by atoms with Gasteiger partial charge in [-0.1, -0.05) is 143 Å². The van der Waals surface area contributed by atoms with E-state index in [1.807, 2.05) is 44.2 Å². The number of carbonyl (C=O) groups excluding carboxylic acids is 13. The summed E-state index contributed by atoms with van der Waals surface area (Å²) in [5.74, 6) is -10.3. The Bertz CT molecular complexity index is 3410. The van der Waals surface area contributed by atoms with E-state index in [0.29, 0.717) is 29.5 Å². The van der Waals surface area contributed by atoms with Gasteiger partial charge in [-0.25, -0.2) is 0 Å². The van der Waals surface area contributed by atoms with Crippen LogP contribution >= 0.6 is 11.8 Å². The standard InChI is InChI=1S/C71H98N14O14S/c1-42(2)25-30-53(71(99)100-36-34-76-44(5)86)79-62(90)51(23-15-33-72)78-69(97)61(43(3)4)84-67(95)56(40-48-26-28-49(87)29-27-48)80-63(91)52(31-32-59(74)88)77-66(94)57(41-60(75)89)82-64(92)54(38-46-19-11-7-12-20-46)81-65(93)55(39-47-21-13-8-14-22-47)83-68(96)58-24-16-35-85(58)70(98)50(73)37-45-17-9-6-10-18-45/h6-14,17-22,26-29,42-43,50-58,61,87H,15-16,23-25,30-41,72-73H2,1-5H3,(H2,74,88)(H2,75,89)(H,76,86)(H,77,94)(H,78,97)(H,79,90)(H,80,91)(H,81,93)(H,82,92)(H,83,96)(H,84,95)/t50-,51+,52+,53+,54-,55+,56+,57+,58+,61+/m1/s1. The fourth-order valence-corrected chi connectivity index (χ4v) is 11.9. The van der Waals surface area contributed by atoms with Gasteiger partial charge in [-0.2, -0.15) is 0 Å². The molecule has 0 saturated carbocycles. The molecule has 4 aromatic rings. The lowest BCUT2D eigenvalue weighted by atomic mass is 9.99. The lowest BCUT2D eigenvalue weighted by Crippen LogP contribution is -2.61. The van der Waals surface area contributed by atoms with Gasteiger partial charge in [0.2, 0.25) is 76.0 Å². The van der Waals surface area contributed by atoms with E-state index < -0.39 is 151 Å². The van der Waals surface area contributed by atoms with Crippen molar-refractivity contribution < 1.29 is 67.4 Å². The third kappa shape index (κ3) is 27.9. The highest BCUT2D eigenvalue weighted by Crippen LogP contribution is 2.22. The number of likely N-dealkylation sites (tertiary alicyclic amines) is 1. The van der Waals surface area contributed by atoms with Crippen molar-refractivity contribution in [2.75, 3.05) is 25.4 Å². The maximum Gasteiger partial charge on any atom is 0.243 e. The highest BCUT2D eigenvalue weighted by Gasteiger charge is 2.40. The van der Waals surface area contributed by atoms with Crippen LogP contribution in [0.3, 0.4) is 0 Å². The molecule has 0 aliphatic carbocycles. The van der Waals surface area contributed by atoms with Gasteiger partial charge in [0, 0.05) is 51.4 Å². The predicted octanol–water partition coefficient (Wildman–Crippen LogP) is 0.227. The van der Waals surface area contributed by atoms with Gasteiger partial charge in [-0.05, 0) is 104 Å². The number of thioether (sulfide) groups is 1. The van der Waals surface area contributed by atoms with Crippen LogP contribution in [-0.2, 0) is 88.0 Å². The number of phenols is 1. The molecule has 1 aliphatic rings. The van der Waals surface area contributed by atoms with Crippen LogP contribution in [0, 0.1) is 11.8 Å². The molecule has 0 radical (unpaired) electrons. The Morgan fingerprint density at radius 3 is 1.47 bits per heavy atom. The number of benzene rings is 4. The molecule has 28 nitrogen and oxygen atoms in total. The molecule has 1 aliphatic heterocycles. The second kappa shape index (κ2) is 41.6. The van der Waals surface area contributed by atoms with Gasteiger partial charge < -0.3 is 80.8 Å². The lowest BCUT2D eigenvalue weighted by Gasteiger charge is -2.29. The van der Waals surface area contributed by atoms with E-state index in [1.54, 1.807) is 74.5 Å². The Morgan fingerprint density at radius 1 is 0.520 bits per heavy atom. The van der Waals surface area contributed by atoms with Crippen LogP contribution in [0.1, 0.15) is 115 Å². The molecule has 0 spiro atoms. The van der Waals surface area contributed by atoms with Gasteiger partial charge in [0.1, 0.15) is 54.1 Å². The van der Waals surface area contributed by atoms with E-state index in [2.05, 4.69) is 47.9 Å². The second-order valence-electron chi connectivity index (χ2n) is 25.6. The van der Waals surface area contributed by atoms with E-state index in [-0.39, 0.29) is 99.4 Å². The maximum atomic E-state index is 14.8. The molecule has 10 atom stereocenters. The molecule has 1 saturated heterocycles. The van der Waals surface area contributed by atoms with Crippen molar-refractivity contribution in [1.82, 2.24) is 52.8 Å². The zero-order chi connectivity index (χ0) is 73.4. The number of phenolic OH excluding ortho intramolecular Hbond substituents is 1. The van der Waals surface area contributed by atoms with E-state index in [4.69, 9.17) is 22.9 Å². The third-order valence-corrected chi connectivity index (χ3v) is 17.6. The van der Waals surface area contributed by atoms with Crippen molar-refractivity contribution in [2.24, 2.45) is 34.8 Å². The summed E-state index contributed by atoms with van der Waals surface area (Å²) in [7, 11) is 0. The Kier molecular flexibility index (Phi) is 33.7. The number of aromatic hydroxyl groups is 1. The summed E-state index contributed by atoms with van der Waals surface area (Å²) < 4.78 is 0. The summed E-state index contributed by atoms with van der Waals surface area (Å²) in [6.07, 6.45) is -0.366. The van der Waals surface area contributed by atoms with Crippen LogP contribution < -0.4 is 70.8 Å². The minimum Gasteiger partial charge on any atom is -0.508 e. The quantitative estimate of drug-likeness (QED) is 0.0264. The first-order chi connectivity index (χ1) is 47.6. The monoisotopic (exact) mass is 1400 g/mol. The summed E-state index contributed by atoms with van der Waals surface area (Å²) in [5.41, 5.74) is 25.9. The number of amides is 12. The zero-order valence-electron chi connectivity index (χ0n) is 57.3. The highest BCUT2D eigenvalue weighted by atomic mass is 32.2. The van der Waals surface area contributed by atoms with Crippen molar-refractivity contribution in [1.29, 1.82) is 0 Å². The Balaban J connectivity index is 1.39. The Morgan fingerprint density at radius 2 is 0.970 bits per heavy atom. The van der Waals surface area contributed by atoms with Crippen LogP contribution in [-0.4, -0.2) is 172 Å². The molecule has 100 heavy (non-hydrogen) atoms. The maximum absolute atomic E-state index is 14.8. The SMILES string of the molecule is CC(=O)NCCSC(=O)[C@H](CCC(C)C)NC(=O)[C@H](CCCN)NC(=O)[C@@H](NC(=O)[C@H](Cc1ccc(O)cc1)NC(=O)[C@H](CCC(N)=O)NC(=O)[C@H](CC(N)=O)NC(=O)[C@@H](Cc1ccccc1)NC(=O)[C@H](Cc1ccccc1)NC(=O)[C@@H]1CCCN1C(=O)[C@H](N)Cc1ccccc1)C(C)C. The first kappa shape index (κ1) is 80.9. The summed E-state index contributed by atoms with van der Waals surface area (Å²) >= 11 is 0.940. The fraction of sp³-hybridized carbons (Fsp3) is 0.479. The van der Waals surface area contributed by atoms with Crippen LogP contribution in [0.15, 0.2) is 115 Å². The number of carbonyl (C=O) groups is 13. The normalized spacial score (nSPS) is 15.4. The molecule has 0 aromatic heterocycles. The Labute approximate surface area is 587 Å². The molecule has 542 valence electrons. The number of nitrogens with zero attached hydrogens (tertiary/aromatic N) is 1. The largest absolute Gasteiger partial charge is 0.508 e. The molecule has 18 N–H and O–H groups in total. The third-order valence-electron chi connectivity index (χ3n) is 16.6. The molecule has 1 fully saturated rings. The number of hydrogen-bond acceptors (Lipinski definition) is 17. The van der Waals surface area contributed by atoms with Crippen molar-refractivity contribution in [3.63, 3.8) is 0 Å². The van der Waals surface area contributed by atoms with E-state index in [1.165, 1.54) is 36.1 Å². The second-order valence-corrected chi connectivity index (χ2v) is 26.7. The molecule has 0 bridgehead atoms. The smallest absolute Gasteiger partial charge is 0.243 e. The van der Waals surface area contributed by atoms with Gasteiger partial charge in [-0.3, -0.25) is 62.3 Å². The molecule has 12 amide bonds. The van der Waals surface area contributed by atoms with Gasteiger partial charge in [0.25, 0.3) is 0 Å². The van der Waals surface area contributed by atoms with Crippen LogP contribution in [0.2, 0.25) is 0 Å². The number of rotatable bonds is 41. The molecular formula is C71H98N14O14S. The van der Waals surface area contributed by atoms with E-state index >= 15 is 0 Å². The van der Waals surface area contributed by atoms with Gasteiger partial charge in [-0.15, -0.1) is 0 Å². The predicted molar refractivity (Wildman–Crippen MR) is 376 cm³/mol. The van der Waals surface area contributed by atoms with Crippen molar-refractivity contribution in [3.05, 3.63) is 138 Å². The average molecular weight is 1400 g/mol. The molecule has 29 heteroatoms. The summed E-state index contributed by atoms with van der Waals surface area (Å²) in [6, 6.07) is 18.3. The van der Waals surface area contributed by atoms with Crippen LogP contribution in [0.4, 0.5) is 0 Å². The molecule has 4 aromatic carbocycles. The summed E-state index contributed by atoms with van der Waals surface area (Å²) in [4.78, 5) is 182. The van der Waals surface area contributed by atoms with Gasteiger partial charge in [0.05, 0.1) is 18.5 Å². The number of primary amides is 2. The fourth-order valence-electron chi connectivity index (χ4n) is 11.1. The van der Waals surface area contributed by atoms with Crippen molar-refractivity contribution in [3.8, 4) is 5.75 Å². The first-order valence-electron chi connectivity index (χ1n) is 33.7. The molecule has 5 rings (SSSR count). The lowest BCUT2D eigenvalue weighted by molar-refractivity contribution is -0.140. The highest BCUT2D eigenvalue weighted by molar-refractivity contribution is 8.13. The van der Waals surface area contributed by atoms with Gasteiger partial charge >= 0.3 is 0 Å². The van der Waals surface area contributed by atoms with Crippen LogP contribution in [0.25, 0.3) is 0 Å². The average Bonchev–Trinajstić information content (AvgIpc) is 1.60. The minimum atomic E-state index is -1.87. The number of nitrogens with one attached hydrogen (secondary N) is 9. The first-order valence-corrected chi connectivity index (χ1v) is 34.7. The summed E-state index contributed by atoms with van der Waals surface area (Å²) in [5, 5.41) is 33.7. The summed E-state index contributed by atoms with van der Waals surface area (Å²) in [6.45, 7) is 9.09.